The average Bonchev–Trinajstić information content (AvgIpc) is 2.92. The Hall–Kier alpha value is -1.27. The van der Waals surface area contributed by atoms with E-state index in [4.69, 9.17) is 15.2 Å². The second kappa shape index (κ2) is 6.45. The molecule has 20 heavy (non-hydrogen) atoms. The summed E-state index contributed by atoms with van der Waals surface area (Å²) in [6.45, 7) is 4.63. The Balaban J connectivity index is 1.98. The van der Waals surface area contributed by atoms with E-state index in [-0.39, 0.29) is 18.6 Å². The molecular formula is C14H19BrN2O3. The van der Waals surface area contributed by atoms with Crippen LogP contribution in [-0.2, 0) is 11.3 Å². The fourth-order valence-corrected chi connectivity index (χ4v) is 2.55. The normalized spacial score (nSPS) is 15.8. The first kappa shape index (κ1) is 15.1. The third kappa shape index (κ3) is 3.24. The molecule has 0 fully saturated rings. The lowest BCUT2D eigenvalue weighted by molar-refractivity contribution is -0.123. The summed E-state index contributed by atoms with van der Waals surface area (Å²) in [6.07, 6.45) is 0.879. The maximum absolute atomic E-state index is 11.9. The Labute approximate surface area is 126 Å². The van der Waals surface area contributed by atoms with E-state index in [0.717, 1.165) is 16.5 Å². The van der Waals surface area contributed by atoms with Crippen LogP contribution in [0.1, 0.15) is 25.8 Å². The van der Waals surface area contributed by atoms with E-state index in [1.807, 2.05) is 26.0 Å². The maximum Gasteiger partial charge on any atom is 0.237 e. The second-order valence-electron chi connectivity index (χ2n) is 4.94. The first-order valence-electron chi connectivity index (χ1n) is 6.64. The van der Waals surface area contributed by atoms with Crippen molar-refractivity contribution in [2.24, 2.45) is 11.7 Å². The number of halogens is 1. The molecule has 0 radical (unpaired) electrons. The molecule has 0 saturated carbocycles. The molecule has 2 rings (SSSR count). The SMILES string of the molecule is CCC(C)C(N)C(=O)NCc1cc(Br)c2c(c1)OCO2. The number of benzene rings is 1. The zero-order chi connectivity index (χ0) is 14.7. The molecule has 1 amide bonds. The zero-order valence-electron chi connectivity index (χ0n) is 11.6. The highest BCUT2D eigenvalue weighted by Crippen LogP contribution is 2.39. The van der Waals surface area contributed by atoms with Gasteiger partial charge in [0.25, 0.3) is 0 Å². The zero-order valence-corrected chi connectivity index (χ0v) is 13.2. The van der Waals surface area contributed by atoms with Crippen LogP contribution in [0.4, 0.5) is 0 Å². The van der Waals surface area contributed by atoms with Crippen molar-refractivity contribution in [3.63, 3.8) is 0 Å². The predicted octanol–water partition coefficient (Wildman–Crippen LogP) is 2.17. The van der Waals surface area contributed by atoms with Gasteiger partial charge in [-0.3, -0.25) is 4.79 Å². The van der Waals surface area contributed by atoms with Crippen LogP contribution in [0.15, 0.2) is 16.6 Å². The smallest absolute Gasteiger partial charge is 0.237 e. The van der Waals surface area contributed by atoms with Crippen molar-refractivity contribution < 1.29 is 14.3 Å². The molecule has 1 aliphatic heterocycles. The van der Waals surface area contributed by atoms with E-state index >= 15 is 0 Å². The minimum absolute atomic E-state index is 0.131. The van der Waals surface area contributed by atoms with Gasteiger partial charge in [0.1, 0.15) is 0 Å². The Bertz CT molecular complexity index is 507. The van der Waals surface area contributed by atoms with Gasteiger partial charge in [-0.05, 0) is 39.5 Å². The van der Waals surface area contributed by atoms with Crippen LogP contribution in [-0.4, -0.2) is 18.7 Å². The first-order valence-corrected chi connectivity index (χ1v) is 7.43. The summed E-state index contributed by atoms with van der Waals surface area (Å²) in [5.74, 6) is 1.43. The van der Waals surface area contributed by atoms with Crippen molar-refractivity contribution in [2.75, 3.05) is 6.79 Å². The van der Waals surface area contributed by atoms with Gasteiger partial charge in [0.2, 0.25) is 12.7 Å². The number of fused-ring (bicyclic) bond motifs is 1. The van der Waals surface area contributed by atoms with E-state index in [1.165, 1.54) is 0 Å². The van der Waals surface area contributed by atoms with Crippen molar-refractivity contribution in [1.29, 1.82) is 0 Å². The third-order valence-corrected chi connectivity index (χ3v) is 4.10. The van der Waals surface area contributed by atoms with Gasteiger partial charge in [-0.25, -0.2) is 0 Å². The highest BCUT2D eigenvalue weighted by atomic mass is 79.9. The Morgan fingerprint density at radius 3 is 2.95 bits per heavy atom. The second-order valence-corrected chi connectivity index (χ2v) is 5.79. The van der Waals surface area contributed by atoms with Gasteiger partial charge in [0, 0.05) is 6.54 Å². The third-order valence-electron chi connectivity index (χ3n) is 3.51. The molecule has 0 spiro atoms. The van der Waals surface area contributed by atoms with Gasteiger partial charge >= 0.3 is 0 Å². The van der Waals surface area contributed by atoms with Gasteiger partial charge in [0.05, 0.1) is 10.5 Å². The topological polar surface area (TPSA) is 73.6 Å². The molecule has 3 N–H and O–H groups in total. The van der Waals surface area contributed by atoms with Crippen molar-refractivity contribution in [3.8, 4) is 11.5 Å². The summed E-state index contributed by atoms with van der Waals surface area (Å²) in [6, 6.07) is 3.29. The molecule has 0 bridgehead atoms. The number of carbonyl (C=O) groups excluding carboxylic acids is 1. The first-order chi connectivity index (χ1) is 9.52. The number of rotatable bonds is 5. The standard InChI is InChI=1S/C14H19BrN2O3/c1-3-8(2)12(16)14(18)17-6-9-4-10(15)13-11(5-9)19-7-20-13/h4-5,8,12H,3,6-7,16H2,1-2H3,(H,17,18). The van der Waals surface area contributed by atoms with Crippen molar-refractivity contribution >= 4 is 21.8 Å². The largest absolute Gasteiger partial charge is 0.454 e. The maximum atomic E-state index is 11.9. The van der Waals surface area contributed by atoms with Crippen LogP contribution < -0.4 is 20.5 Å². The number of carbonyl (C=O) groups is 1. The molecule has 0 aliphatic carbocycles. The molecule has 1 heterocycles. The minimum atomic E-state index is -0.475. The summed E-state index contributed by atoms with van der Waals surface area (Å²) in [4.78, 5) is 11.9. The molecule has 0 aromatic heterocycles. The van der Waals surface area contributed by atoms with Crippen LogP contribution in [0.2, 0.25) is 0 Å². The summed E-state index contributed by atoms with van der Waals surface area (Å²) >= 11 is 3.43. The number of nitrogens with two attached hydrogens (primary N) is 1. The quantitative estimate of drug-likeness (QED) is 0.859. The highest BCUT2D eigenvalue weighted by molar-refractivity contribution is 9.10. The number of hydrogen-bond acceptors (Lipinski definition) is 4. The van der Waals surface area contributed by atoms with Crippen molar-refractivity contribution in [3.05, 3.63) is 22.2 Å². The van der Waals surface area contributed by atoms with Gasteiger partial charge in [-0.2, -0.15) is 0 Å². The molecule has 1 aliphatic rings. The summed E-state index contributed by atoms with van der Waals surface area (Å²) in [5, 5.41) is 2.85. The Morgan fingerprint density at radius 2 is 2.25 bits per heavy atom. The highest BCUT2D eigenvalue weighted by Gasteiger charge is 2.20. The Morgan fingerprint density at radius 1 is 1.50 bits per heavy atom. The van der Waals surface area contributed by atoms with Gasteiger partial charge in [-0.15, -0.1) is 0 Å². The summed E-state index contributed by atoms with van der Waals surface area (Å²) in [5.41, 5.74) is 6.83. The van der Waals surface area contributed by atoms with Gasteiger partial charge in [-0.1, -0.05) is 20.3 Å². The fraction of sp³-hybridized carbons (Fsp3) is 0.500. The molecule has 6 heteroatoms. The van der Waals surface area contributed by atoms with E-state index in [1.54, 1.807) is 0 Å². The monoisotopic (exact) mass is 342 g/mol. The van der Waals surface area contributed by atoms with Crippen LogP contribution in [0.25, 0.3) is 0 Å². The number of nitrogens with one attached hydrogen (secondary N) is 1. The number of ether oxygens (including phenoxy) is 2. The van der Waals surface area contributed by atoms with Gasteiger partial charge < -0.3 is 20.5 Å². The van der Waals surface area contributed by atoms with E-state index in [2.05, 4.69) is 21.2 Å². The summed E-state index contributed by atoms with van der Waals surface area (Å²) in [7, 11) is 0. The fourth-order valence-electron chi connectivity index (χ4n) is 1.94. The van der Waals surface area contributed by atoms with Crippen LogP contribution in [0.5, 0.6) is 11.5 Å². The molecule has 2 atom stereocenters. The molecule has 110 valence electrons. The van der Waals surface area contributed by atoms with E-state index in [0.29, 0.717) is 18.0 Å². The lowest BCUT2D eigenvalue weighted by atomic mass is 9.99. The van der Waals surface area contributed by atoms with Gasteiger partial charge in [0.15, 0.2) is 11.5 Å². The number of amides is 1. The van der Waals surface area contributed by atoms with Crippen LogP contribution in [0, 0.1) is 5.92 Å². The predicted molar refractivity (Wildman–Crippen MR) is 79.5 cm³/mol. The van der Waals surface area contributed by atoms with Crippen molar-refractivity contribution in [1.82, 2.24) is 5.32 Å². The summed E-state index contributed by atoms with van der Waals surface area (Å²) < 4.78 is 11.5. The average molecular weight is 343 g/mol. The molecule has 5 nitrogen and oxygen atoms in total. The Kier molecular flexibility index (Phi) is 4.88. The van der Waals surface area contributed by atoms with Crippen LogP contribution in [0.3, 0.4) is 0 Å². The molecule has 1 aromatic rings. The molecular weight excluding hydrogens is 324 g/mol. The molecule has 0 saturated heterocycles. The lowest BCUT2D eigenvalue weighted by Gasteiger charge is -2.17. The lowest BCUT2D eigenvalue weighted by Crippen LogP contribution is -2.44. The van der Waals surface area contributed by atoms with E-state index in [9.17, 15) is 4.79 Å². The van der Waals surface area contributed by atoms with Crippen LogP contribution >= 0.6 is 15.9 Å². The molecule has 2 unspecified atom stereocenters. The minimum Gasteiger partial charge on any atom is -0.454 e. The molecule has 1 aromatic carbocycles. The number of hydrogen-bond donors (Lipinski definition) is 2. The van der Waals surface area contributed by atoms with Crippen molar-refractivity contribution in [2.45, 2.75) is 32.9 Å². The van der Waals surface area contributed by atoms with E-state index < -0.39 is 6.04 Å².